The molecular formula is C26H23N3O5S. The molecule has 1 aromatic heterocycles. The van der Waals surface area contributed by atoms with Crippen molar-refractivity contribution in [1.29, 1.82) is 0 Å². The van der Waals surface area contributed by atoms with Crippen molar-refractivity contribution in [2.24, 2.45) is 0 Å². The highest BCUT2D eigenvalue weighted by Gasteiger charge is 2.55. The standard InChI is InChI=1S/C26H23N3O5S/c1-2-34-23(31)21-18(16-8-4-3-5-9-16)15-35-22(21)27-20(30)14-29-24(32)26(28-25(29)33)13-12-17-10-6-7-11-19(17)26/h3-11,15H,2,12-14H2,1H3,(H,27,30)(H,28,33)/t26-/m0/s1. The Hall–Kier alpha value is -3.98. The molecule has 5 rings (SSSR count). The fourth-order valence-corrected chi connectivity index (χ4v) is 5.70. The van der Waals surface area contributed by atoms with Crippen LogP contribution in [0.2, 0.25) is 0 Å². The fraction of sp³-hybridized carbons (Fsp3) is 0.231. The van der Waals surface area contributed by atoms with E-state index in [1.54, 1.807) is 12.3 Å². The summed E-state index contributed by atoms with van der Waals surface area (Å²) in [4.78, 5) is 52.7. The van der Waals surface area contributed by atoms with Crippen LogP contribution in [0.3, 0.4) is 0 Å². The maximum Gasteiger partial charge on any atom is 0.341 e. The van der Waals surface area contributed by atoms with Crippen LogP contribution < -0.4 is 10.6 Å². The molecule has 2 heterocycles. The molecule has 2 aliphatic rings. The molecule has 1 aliphatic heterocycles. The van der Waals surface area contributed by atoms with Crippen LogP contribution in [0.4, 0.5) is 9.80 Å². The summed E-state index contributed by atoms with van der Waals surface area (Å²) in [5, 5.41) is 7.60. The van der Waals surface area contributed by atoms with Crippen LogP contribution in [0.15, 0.2) is 60.0 Å². The van der Waals surface area contributed by atoms with Gasteiger partial charge in [-0.15, -0.1) is 11.3 Å². The molecular weight excluding hydrogens is 466 g/mol. The number of fused-ring (bicyclic) bond motifs is 2. The van der Waals surface area contributed by atoms with Gasteiger partial charge < -0.3 is 15.4 Å². The van der Waals surface area contributed by atoms with Crippen molar-refractivity contribution in [2.45, 2.75) is 25.3 Å². The van der Waals surface area contributed by atoms with Gasteiger partial charge in [0.2, 0.25) is 5.91 Å². The number of aryl methyl sites for hydroxylation is 1. The summed E-state index contributed by atoms with van der Waals surface area (Å²) in [5.74, 6) is -1.58. The molecule has 4 amide bonds. The number of urea groups is 1. The molecule has 0 bridgehead atoms. The van der Waals surface area contributed by atoms with Crippen LogP contribution in [0.1, 0.15) is 34.8 Å². The lowest BCUT2D eigenvalue weighted by Crippen LogP contribution is -2.43. The highest BCUT2D eigenvalue weighted by Crippen LogP contribution is 2.41. The summed E-state index contributed by atoms with van der Waals surface area (Å²) in [6.45, 7) is 1.43. The molecule has 1 aliphatic carbocycles. The van der Waals surface area contributed by atoms with Gasteiger partial charge in [-0.25, -0.2) is 9.59 Å². The highest BCUT2D eigenvalue weighted by molar-refractivity contribution is 7.15. The summed E-state index contributed by atoms with van der Waals surface area (Å²) in [7, 11) is 0. The first-order chi connectivity index (χ1) is 16.9. The van der Waals surface area contributed by atoms with Gasteiger partial charge in [-0.2, -0.15) is 0 Å². The van der Waals surface area contributed by atoms with Crippen LogP contribution in [-0.4, -0.2) is 41.9 Å². The second-order valence-electron chi connectivity index (χ2n) is 8.37. The monoisotopic (exact) mass is 489 g/mol. The van der Waals surface area contributed by atoms with Crippen LogP contribution in [-0.2, 0) is 26.3 Å². The minimum absolute atomic E-state index is 0.183. The van der Waals surface area contributed by atoms with Gasteiger partial charge in [0, 0.05) is 10.9 Å². The van der Waals surface area contributed by atoms with Crippen LogP contribution in [0.5, 0.6) is 0 Å². The first-order valence-corrected chi connectivity index (χ1v) is 12.2. The summed E-state index contributed by atoms with van der Waals surface area (Å²) in [6.07, 6.45) is 1.12. The van der Waals surface area contributed by atoms with Gasteiger partial charge >= 0.3 is 12.0 Å². The van der Waals surface area contributed by atoms with Gasteiger partial charge in [0.1, 0.15) is 22.6 Å². The molecule has 0 radical (unpaired) electrons. The Labute approximate surface area is 205 Å². The van der Waals surface area contributed by atoms with Crippen molar-refractivity contribution in [3.63, 3.8) is 0 Å². The van der Waals surface area contributed by atoms with E-state index >= 15 is 0 Å². The number of hydrogen-bond donors (Lipinski definition) is 2. The Morgan fingerprint density at radius 1 is 1.11 bits per heavy atom. The third kappa shape index (κ3) is 3.87. The number of hydrogen-bond acceptors (Lipinski definition) is 6. The first-order valence-electron chi connectivity index (χ1n) is 11.3. The molecule has 2 N–H and O–H groups in total. The topological polar surface area (TPSA) is 105 Å². The second-order valence-corrected chi connectivity index (χ2v) is 9.25. The lowest BCUT2D eigenvalue weighted by atomic mass is 9.92. The molecule has 1 atom stereocenters. The summed E-state index contributed by atoms with van der Waals surface area (Å²) in [6, 6.07) is 16.2. The molecule has 0 unspecified atom stereocenters. The third-order valence-electron chi connectivity index (χ3n) is 6.33. The number of rotatable bonds is 6. The van der Waals surface area contributed by atoms with Crippen molar-refractivity contribution in [1.82, 2.24) is 10.2 Å². The number of amides is 4. The summed E-state index contributed by atoms with van der Waals surface area (Å²) in [5.41, 5.74) is 2.35. The van der Waals surface area contributed by atoms with E-state index in [0.29, 0.717) is 23.4 Å². The van der Waals surface area contributed by atoms with Crippen molar-refractivity contribution in [3.05, 3.63) is 76.7 Å². The number of nitrogens with one attached hydrogen (secondary N) is 2. The van der Waals surface area contributed by atoms with Gasteiger partial charge in [-0.3, -0.25) is 14.5 Å². The minimum Gasteiger partial charge on any atom is -0.462 e. The maximum absolute atomic E-state index is 13.3. The van der Waals surface area contributed by atoms with Crippen LogP contribution in [0.25, 0.3) is 11.1 Å². The largest absolute Gasteiger partial charge is 0.462 e. The molecule has 1 spiro atoms. The Morgan fingerprint density at radius 2 is 1.86 bits per heavy atom. The van der Waals surface area contributed by atoms with Crippen molar-refractivity contribution in [3.8, 4) is 11.1 Å². The number of carbonyl (C=O) groups is 4. The van der Waals surface area contributed by atoms with Gasteiger partial charge in [-0.1, -0.05) is 54.6 Å². The number of esters is 1. The predicted molar refractivity (Wildman–Crippen MR) is 131 cm³/mol. The zero-order valence-electron chi connectivity index (χ0n) is 19.0. The van der Waals surface area contributed by atoms with E-state index < -0.39 is 35.9 Å². The number of imide groups is 1. The molecule has 8 nitrogen and oxygen atoms in total. The zero-order chi connectivity index (χ0) is 24.6. The van der Waals surface area contributed by atoms with E-state index in [0.717, 1.165) is 21.6 Å². The molecule has 1 saturated heterocycles. The molecule has 178 valence electrons. The van der Waals surface area contributed by atoms with E-state index in [4.69, 9.17) is 4.74 Å². The second kappa shape index (κ2) is 8.99. The molecule has 3 aromatic rings. The van der Waals surface area contributed by atoms with Crippen molar-refractivity contribution in [2.75, 3.05) is 18.5 Å². The Kier molecular flexibility index (Phi) is 5.86. The molecule has 9 heteroatoms. The summed E-state index contributed by atoms with van der Waals surface area (Å²) >= 11 is 1.19. The Bertz CT molecular complexity index is 1340. The minimum atomic E-state index is -1.13. The number of anilines is 1. The number of nitrogens with zero attached hydrogens (tertiary/aromatic N) is 1. The normalized spacial score (nSPS) is 18.5. The van der Waals surface area contributed by atoms with Crippen molar-refractivity contribution < 1.29 is 23.9 Å². The quantitative estimate of drug-likeness (QED) is 0.403. The van der Waals surface area contributed by atoms with E-state index in [-0.39, 0.29) is 12.2 Å². The SMILES string of the molecule is CCOC(=O)c1c(-c2ccccc2)csc1NC(=O)CN1C(=O)N[C@]2(CCc3ccccc32)C1=O. The van der Waals surface area contributed by atoms with E-state index in [2.05, 4.69) is 10.6 Å². The van der Waals surface area contributed by atoms with Gasteiger partial charge in [0.15, 0.2) is 0 Å². The maximum atomic E-state index is 13.3. The van der Waals surface area contributed by atoms with Gasteiger partial charge in [0.05, 0.1) is 6.61 Å². The molecule has 2 aromatic carbocycles. The Balaban J connectivity index is 1.37. The van der Waals surface area contributed by atoms with Gasteiger partial charge in [0.25, 0.3) is 5.91 Å². The fourth-order valence-electron chi connectivity index (χ4n) is 4.73. The van der Waals surface area contributed by atoms with Crippen LogP contribution in [0, 0.1) is 0 Å². The van der Waals surface area contributed by atoms with Gasteiger partial charge in [-0.05, 0) is 36.5 Å². The highest BCUT2D eigenvalue weighted by atomic mass is 32.1. The number of ether oxygens (including phenoxy) is 1. The molecule has 1 fully saturated rings. The molecule has 0 saturated carbocycles. The lowest BCUT2D eigenvalue weighted by Gasteiger charge is -2.22. The van der Waals surface area contributed by atoms with Crippen LogP contribution >= 0.6 is 11.3 Å². The summed E-state index contributed by atoms with van der Waals surface area (Å²) < 4.78 is 5.22. The van der Waals surface area contributed by atoms with Crippen molar-refractivity contribution >= 4 is 40.2 Å². The predicted octanol–water partition coefficient (Wildman–Crippen LogP) is 3.92. The molecule has 35 heavy (non-hydrogen) atoms. The average Bonchev–Trinajstić information content (AvgIpc) is 3.51. The lowest BCUT2D eigenvalue weighted by molar-refractivity contribution is -0.134. The third-order valence-corrected chi connectivity index (χ3v) is 7.23. The number of thiophene rings is 1. The van der Waals surface area contributed by atoms with E-state index in [9.17, 15) is 19.2 Å². The number of benzene rings is 2. The zero-order valence-corrected chi connectivity index (χ0v) is 19.8. The van der Waals surface area contributed by atoms with E-state index in [1.807, 2.05) is 54.6 Å². The number of carbonyl (C=O) groups excluding carboxylic acids is 4. The average molecular weight is 490 g/mol. The smallest absolute Gasteiger partial charge is 0.341 e. The first kappa shape index (κ1) is 22.8. The Morgan fingerprint density at radius 3 is 2.63 bits per heavy atom. The van der Waals surface area contributed by atoms with E-state index in [1.165, 1.54) is 11.3 Å².